The minimum Gasteiger partial charge on any atom is -0.508 e. The number of rotatable bonds is 5. The molecule has 8 heteroatoms. The van der Waals surface area contributed by atoms with Crippen molar-refractivity contribution in [2.24, 2.45) is 5.10 Å². The Kier molecular flexibility index (Phi) is 4.66. The Morgan fingerprint density at radius 1 is 1.21 bits per heavy atom. The summed E-state index contributed by atoms with van der Waals surface area (Å²) in [6, 6.07) is 14.0. The Hall–Kier alpha value is -4.20. The van der Waals surface area contributed by atoms with Crippen molar-refractivity contribution in [1.29, 1.82) is 0 Å². The number of nitrogens with zero attached hydrogens (tertiary/aromatic N) is 4. The van der Waals surface area contributed by atoms with Gasteiger partial charge in [-0.05, 0) is 29.8 Å². The van der Waals surface area contributed by atoms with Crippen LogP contribution in [0.2, 0.25) is 0 Å². The molecule has 0 aliphatic carbocycles. The second-order valence-corrected chi connectivity index (χ2v) is 6.29. The van der Waals surface area contributed by atoms with Crippen LogP contribution in [-0.4, -0.2) is 38.4 Å². The summed E-state index contributed by atoms with van der Waals surface area (Å²) >= 11 is 0. The monoisotopic (exact) mass is 386 g/mol. The highest BCUT2D eigenvalue weighted by Crippen LogP contribution is 2.27. The fraction of sp³-hybridized carbons (Fsp3) is 0.0476. The van der Waals surface area contributed by atoms with Crippen molar-refractivity contribution in [2.75, 3.05) is 12.3 Å². The molecule has 2 aromatic carbocycles. The zero-order valence-electron chi connectivity index (χ0n) is 15.4. The van der Waals surface area contributed by atoms with Crippen molar-refractivity contribution in [1.82, 2.24) is 20.0 Å². The van der Waals surface area contributed by atoms with Crippen LogP contribution in [0.1, 0.15) is 15.9 Å². The first-order chi connectivity index (χ1) is 14.1. The molecule has 8 nitrogen and oxygen atoms in total. The van der Waals surface area contributed by atoms with Gasteiger partial charge in [0, 0.05) is 6.54 Å². The molecule has 0 spiro atoms. The molecule has 144 valence electrons. The zero-order valence-corrected chi connectivity index (χ0v) is 15.4. The molecule has 0 aliphatic heterocycles. The van der Waals surface area contributed by atoms with Gasteiger partial charge in [-0.2, -0.15) is 9.78 Å². The molecule has 2 heterocycles. The number of nitrogens with two attached hydrogens (primary N) is 1. The first-order valence-electron chi connectivity index (χ1n) is 8.87. The number of fused-ring (bicyclic) bond motifs is 2. The Morgan fingerprint density at radius 2 is 1.97 bits per heavy atom. The quantitative estimate of drug-likeness (QED) is 0.360. The maximum atomic E-state index is 12.7. The lowest BCUT2D eigenvalue weighted by Gasteiger charge is -2.02. The van der Waals surface area contributed by atoms with Gasteiger partial charge in [-0.15, -0.1) is 6.58 Å². The molecule has 0 radical (unpaired) electrons. The molecule has 4 N–H and O–H groups in total. The number of hydrogen-bond acceptors (Lipinski definition) is 6. The molecular formula is C21H18N6O2. The largest absolute Gasteiger partial charge is 0.508 e. The van der Waals surface area contributed by atoms with E-state index in [9.17, 15) is 9.90 Å². The number of anilines is 1. The molecule has 1 amide bonds. The average Bonchev–Trinajstić information content (AvgIpc) is 2.99. The molecule has 0 aliphatic rings. The molecule has 0 saturated carbocycles. The van der Waals surface area contributed by atoms with Gasteiger partial charge in [0.25, 0.3) is 5.91 Å². The van der Waals surface area contributed by atoms with Crippen LogP contribution in [-0.2, 0) is 0 Å². The van der Waals surface area contributed by atoms with Crippen LogP contribution >= 0.6 is 0 Å². The van der Waals surface area contributed by atoms with E-state index >= 15 is 0 Å². The van der Waals surface area contributed by atoms with Gasteiger partial charge in [-0.1, -0.05) is 30.3 Å². The number of benzene rings is 2. The lowest BCUT2D eigenvalue weighted by atomic mass is 10.2. The van der Waals surface area contributed by atoms with E-state index < -0.39 is 0 Å². The van der Waals surface area contributed by atoms with E-state index in [0.29, 0.717) is 34.3 Å². The molecule has 0 saturated heterocycles. The summed E-state index contributed by atoms with van der Waals surface area (Å²) in [5, 5.41) is 16.7. The number of carbonyl (C=O) groups is 1. The molecule has 4 aromatic rings. The summed E-state index contributed by atoms with van der Waals surface area (Å²) in [5.74, 6) is -0.147. The van der Waals surface area contributed by atoms with E-state index in [4.69, 9.17) is 5.73 Å². The number of nitrogen functional groups attached to an aromatic ring is 1. The summed E-state index contributed by atoms with van der Waals surface area (Å²) in [6.07, 6.45) is 3.10. The van der Waals surface area contributed by atoms with Crippen LogP contribution in [0.3, 0.4) is 0 Å². The summed E-state index contributed by atoms with van der Waals surface area (Å²) in [6.45, 7) is 3.89. The first kappa shape index (κ1) is 18.2. The minimum atomic E-state index is -0.386. The predicted octanol–water partition coefficient (Wildman–Crippen LogP) is 2.67. The third kappa shape index (κ3) is 3.39. The van der Waals surface area contributed by atoms with Gasteiger partial charge in [-0.3, -0.25) is 4.79 Å². The molecule has 2 aromatic heterocycles. The van der Waals surface area contributed by atoms with Gasteiger partial charge in [-0.25, -0.2) is 9.97 Å². The van der Waals surface area contributed by atoms with E-state index in [0.717, 1.165) is 0 Å². The van der Waals surface area contributed by atoms with E-state index in [1.807, 2.05) is 24.3 Å². The van der Waals surface area contributed by atoms with Crippen molar-refractivity contribution >= 4 is 40.1 Å². The predicted molar refractivity (Wildman–Crippen MR) is 113 cm³/mol. The number of para-hydroxylation sites is 2. The number of carbonyl (C=O) groups excluding carboxylic acids is 1. The summed E-state index contributed by atoms with van der Waals surface area (Å²) in [4.78, 5) is 21.9. The molecule has 0 unspecified atom stereocenters. The highest BCUT2D eigenvalue weighted by Gasteiger charge is 2.23. The topological polar surface area (TPSA) is 118 Å². The van der Waals surface area contributed by atoms with E-state index in [1.54, 1.807) is 30.3 Å². The SMILES string of the molecule is C=CCNC(=O)c1c(N)n(/N=C/c2cccc(O)c2)c2nc3ccccc3nc12. The van der Waals surface area contributed by atoms with Gasteiger partial charge in [0.2, 0.25) is 0 Å². The Labute approximate surface area is 166 Å². The molecule has 0 fully saturated rings. The Morgan fingerprint density at radius 3 is 2.69 bits per heavy atom. The lowest BCUT2D eigenvalue weighted by molar-refractivity contribution is 0.0960. The fourth-order valence-corrected chi connectivity index (χ4v) is 2.97. The van der Waals surface area contributed by atoms with Crippen molar-refractivity contribution in [3.63, 3.8) is 0 Å². The number of aromatic nitrogens is 3. The summed E-state index contributed by atoms with van der Waals surface area (Å²) < 4.78 is 1.38. The lowest BCUT2D eigenvalue weighted by Crippen LogP contribution is -2.24. The van der Waals surface area contributed by atoms with Crippen LogP contribution in [0.25, 0.3) is 22.2 Å². The standard InChI is InChI=1S/C21H18N6O2/c1-2-10-23-21(29)17-18-20(26-16-9-4-3-8-15(16)25-18)27(19(17)22)24-12-13-6-5-7-14(28)11-13/h2-9,11-12,28H,1,10,22H2,(H,23,29)/b24-12+. The van der Waals surface area contributed by atoms with Gasteiger partial charge < -0.3 is 16.2 Å². The number of amides is 1. The minimum absolute atomic E-state index is 0.119. The van der Waals surface area contributed by atoms with Crippen molar-refractivity contribution in [3.05, 3.63) is 72.3 Å². The second kappa shape index (κ2) is 7.43. The number of aromatic hydroxyl groups is 1. The second-order valence-electron chi connectivity index (χ2n) is 6.29. The maximum absolute atomic E-state index is 12.7. The summed E-state index contributed by atoms with van der Waals surface area (Å²) in [5.41, 5.74) is 9.17. The Balaban J connectivity index is 1.92. The fourth-order valence-electron chi connectivity index (χ4n) is 2.97. The van der Waals surface area contributed by atoms with Crippen LogP contribution in [0.4, 0.5) is 5.82 Å². The molecule has 0 atom stereocenters. The van der Waals surface area contributed by atoms with Gasteiger partial charge >= 0.3 is 0 Å². The van der Waals surface area contributed by atoms with Crippen LogP contribution < -0.4 is 11.1 Å². The Bertz CT molecular complexity index is 1280. The molecule has 29 heavy (non-hydrogen) atoms. The highest BCUT2D eigenvalue weighted by molar-refractivity contribution is 6.10. The third-order valence-electron chi connectivity index (χ3n) is 4.30. The number of hydrogen-bond donors (Lipinski definition) is 3. The van der Waals surface area contributed by atoms with E-state index in [1.165, 1.54) is 10.9 Å². The normalized spacial score (nSPS) is 11.3. The van der Waals surface area contributed by atoms with Gasteiger partial charge in [0.05, 0.1) is 17.2 Å². The third-order valence-corrected chi connectivity index (χ3v) is 4.30. The van der Waals surface area contributed by atoms with Crippen LogP contribution in [0.15, 0.2) is 66.3 Å². The van der Waals surface area contributed by atoms with Crippen LogP contribution in [0.5, 0.6) is 5.75 Å². The molecule has 0 bridgehead atoms. The van der Waals surface area contributed by atoms with E-state index in [-0.39, 0.29) is 23.0 Å². The van der Waals surface area contributed by atoms with Gasteiger partial charge in [0.1, 0.15) is 22.6 Å². The summed E-state index contributed by atoms with van der Waals surface area (Å²) in [7, 11) is 0. The number of nitrogens with one attached hydrogen (secondary N) is 1. The van der Waals surface area contributed by atoms with Crippen molar-refractivity contribution < 1.29 is 9.90 Å². The average molecular weight is 386 g/mol. The number of phenols is 1. The van der Waals surface area contributed by atoms with Gasteiger partial charge in [0.15, 0.2) is 5.65 Å². The van der Waals surface area contributed by atoms with Crippen molar-refractivity contribution in [3.8, 4) is 5.75 Å². The molecule has 4 rings (SSSR count). The number of phenolic OH excluding ortho intramolecular Hbond substituents is 1. The van der Waals surface area contributed by atoms with Crippen molar-refractivity contribution in [2.45, 2.75) is 0 Å². The van der Waals surface area contributed by atoms with Crippen LogP contribution in [0, 0.1) is 0 Å². The van der Waals surface area contributed by atoms with E-state index in [2.05, 4.69) is 27.0 Å². The highest BCUT2D eigenvalue weighted by atomic mass is 16.3. The zero-order chi connectivity index (χ0) is 20.4. The molecular weight excluding hydrogens is 368 g/mol. The first-order valence-corrected chi connectivity index (χ1v) is 8.87. The maximum Gasteiger partial charge on any atom is 0.257 e. The smallest absolute Gasteiger partial charge is 0.257 e.